The zero-order chi connectivity index (χ0) is 13.9. The summed E-state index contributed by atoms with van der Waals surface area (Å²) in [7, 11) is 0. The third kappa shape index (κ3) is 2.23. The highest BCUT2D eigenvalue weighted by Crippen LogP contribution is 2.29. The first-order valence-electron chi connectivity index (χ1n) is 6.29. The molecule has 0 saturated carbocycles. The van der Waals surface area contributed by atoms with Crippen molar-refractivity contribution in [2.75, 3.05) is 0 Å². The maximum Gasteiger partial charge on any atom is 0.277 e. The summed E-state index contributed by atoms with van der Waals surface area (Å²) in [5.41, 5.74) is 2.31. The SMILES string of the molecule is O=[N+]([O-])c1ccc(Cc2cccnc2)c2ccccc12. The number of hydrogen-bond acceptors (Lipinski definition) is 3. The van der Waals surface area contributed by atoms with Crippen molar-refractivity contribution in [2.45, 2.75) is 6.42 Å². The van der Waals surface area contributed by atoms with Crippen molar-refractivity contribution in [1.82, 2.24) is 4.98 Å². The zero-order valence-electron chi connectivity index (χ0n) is 10.7. The van der Waals surface area contributed by atoms with E-state index in [0.29, 0.717) is 11.8 Å². The van der Waals surface area contributed by atoms with Gasteiger partial charge in [-0.1, -0.05) is 30.3 Å². The van der Waals surface area contributed by atoms with Crippen LogP contribution in [0.15, 0.2) is 60.9 Å². The lowest BCUT2D eigenvalue weighted by Gasteiger charge is -2.07. The summed E-state index contributed by atoms with van der Waals surface area (Å²) in [5.74, 6) is 0. The van der Waals surface area contributed by atoms with Crippen molar-refractivity contribution in [2.24, 2.45) is 0 Å². The van der Waals surface area contributed by atoms with Crippen LogP contribution in [0.3, 0.4) is 0 Å². The number of nitro groups is 1. The van der Waals surface area contributed by atoms with E-state index in [1.54, 1.807) is 18.3 Å². The first-order chi connectivity index (χ1) is 9.75. The summed E-state index contributed by atoms with van der Waals surface area (Å²) in [6, 6.07) is 14.7. The Balaban J connectivity index is 2.13. The number of non-ortho nitro benzene ring substituents is 1. The Labute approximate surface area is 115 Å². The van der Waals surface area contributed by atoms with Crippen LogP contribution in [0.2, 0.25) is 0 Å². The van der Waals surface area contributed by atoms with Crippen LogP contribution < -0.4 is 0 Å². The van der Waals surface area contributed by atoms with Crippen molar-refractivity contribution in [3.63, 3.8) is 0 Å². The summed E-state index contributed by atoms with van der Waals surface area (Å²) in [6.07, 6.45) is 4.26. The molecular formula is C16H12N2O2. The van der Waals surface area contributed by atoms with Gasteiger partial charge in [0.05, 0.1) is 10.3 Å². The predicted octanol–water partition coefficient (Wildman–Crippen LogP) is 3.73. The molecule has 1 heterocycles. The fraction of sp³-hybridized carbons (Fsp3) is 0.0625. The van der Waals surface area contributed by atoms with Gasteiger partial charge in [-0.15, -0.1) is 0 Å². The molecule has 0 aliphatic carbocycles. The van der Waals surface area contributed by atoms with Crippen LogP contribution in [0.4, 0.5) is 5.69 Å². The lowest BCUT2D eigenvalue weighted by molar-refractivity contribution is -0.383. The van der Waals surface area contributed by atoms with E-state index >= 15 is 0 Å². The number of hydrogen-bond donors (Lipinski definition) is 0. The molecule has 0 aliphatic heterocycles. The topological polar surface area (TPSA) is 56.0 Å². The summed E-state index contributed by atoms with van der Waals surface area (Å²) in [5, 5.41) is 12.7. The van der Waals surface area contributed by atoms with Crippen LogP contribution in [-0.2, 0) is 6.42 Å². The Morgan fingerprint density at radius 1 is 1.00 bits per heavy atom. The summed E-state index contributed by atoms with van der Waals surface area (Å²) in [6.45, 7) is 0. The third-order valence-corrected chi connectivity index (χ3v) is 3.31. The van der Waals surface area contributed by atoms with E-state index in [1.807, 2.05) is 42.6 Å². The van der Waals surface area contributed by atoms with Crippen LogP contribution in [-0.4, -0.2) is 9.91 Å². The molecule has 0 N–H and O–H groups in total. The molecule has 4 heteroatoms. The van der Waals surface area contributed by atoms with Gasteiger partial charge in [-0.3, -0.25) is 15.1 Å². The van der Waals surface area contributed by atoms with Gasteiger partial charge in [0.25, 0.3) is 5.69 Å². The number of nitro benzene ring substituents is 1. The normalized spacial score (nSPS) is 10.6. The van der Waals surface area contributed by atoms with Gasteiger partial charge in [-0.25, -0.2) is 0 Å². The summed E-state index contributed by atoms with van der Waals surface area (Å²) in [4.78, 5) is 14.8. The lowest BCUT2D eigenvalue weighted by Crippen LogP contribution is -1.94. The molecule has 0 aliphatic rings. The minimum absolute atomic E-state index is 0.149. The number of rotatable bonds is 3. The second kappa shape index (κ2) is 5.09. The number of aromatic nitrogens is 1. The van der Waals surface area contributed by atoms with Gasteiger partial charge < -0.3 is 0 Å². The lowest BCUT2D eigenvalue weighted by atomic mass is 9.98. The molecule has 4 nitrogen and oxygen atoms in total. The molecule has 0 amide bonds. The van der Waals surface area contributed by atoms with Gasteiger partial charge in [0.15, 0.2) is 0 Å². The smallest absolute Gasteiger partial charge is 0.264 e. The van der Waals surface area contributed by atoms with E-state index < -0.39 is 0 Å². The highest BCUT2D eigenvalue weighted by atomic mass is 16.6. The molecule has 0 fully saturated rings. The number of nitrogens with zero attached hydrogens (tertiary/aromatic N) is 2. The van der Waals surface area contributed by atoms with E-state index in [9.17, 15) is 10.1 Å². The van der Waals surface area contributed by atoms with Crippen LogP contribution in [0.5, 0.6) is 0 Å². The Hall–Kier alpha value is -2.75. The molecule has 0 spiro atoms. The van der Waals surface area contributed by atoms with Crippen LogP contribution in [0, 0.1) is 10.1 Å². The van der Waals surface area contributed by atoms with E-state index in [-0.39, 0.29) is 10.6 Å². The molecule has 3 rings (SSSR count). The molecule has 1 aromatic heterocycles. The van der Waals surface area contributed by atoms with Gasteiger partial charge in [0.1, 0.15) is 0 Å². The second-order valence-electron chi connectivity index (χ2n) is 4.58. The first-order valence-corrected chi connectivity index (χ1v) is 6.29. The highest BCUT2D eigenvalue weighted by molar-refractivity contribution is 5.93. The van der Waals surface area contributed by atoms with Crippen molar-refractivity contribution < 1.29 is 4.92 Å². The highest BCUT2D eigenvalue weighted by Gasteiger charge is 2.13. The first kappa shape index (κ1) is 12.3. The average molecular weight is 264 g/mol. The van der Waals surface area contributed by atoms with Gasteiger partial charge in [-0.05, 0) is 35.1 Å². The van der Waals surface area contributed by atoms with E-state index in [0.717, 1.165) is 16.5 Å². The van der Waals surface area contributed by atoms with Crippen molar-refractivity contribution in [1.29, 1.82) is 0 Å². The largest absolute Gasteiger partial charge is 0.277 e. The third-order valence-electron chi connectivity index (χ3n) is 3.31. The molecule has 20 heavy (non-hydrogen) atoms. The molecule has 2 aromatic carbocycles. The van der Waals surface area contributed by atoms with Gasteiger partial charge in [0.2, 0.25) is 0 Å². The fourth-order valence-corrected chi connectivity index (χ4v) is 2.38. The quantitative estimate of drug-likeness (QED) is 0.535. The van der Waals surface area contributed by atoms with Gasteiger partial charge in [0, 0.05) is 18.5 Å². The van der Waals surface area contributed by atoms with Crippen LogP contribution in [0.1, 0.15) is 11.1 Å². The van der Waals surface area contributed by atoms with Crippen molar-refractivity contribution in [3.05, 3.63) is 82.2 Å². The van der Waals surface area contributed by atoms with Crippen molar-refractivity contribution in [3.8, 4) is 0 Å². The minimum Gasteiger partial charge on any atom is -0.264 e. The average Bonchev–Trinajstić information content (AvgIpc) is 2.48. The van der Waals surface area contributed by atoms with E-state index in [4.69, 9.17) is 0 Å². The summed E-state index contributed by atoms with van der Waals surface area (Å²) >= 11 is 0. The standard InChI is InChI=1S/C16H12N2O2/c19-18(20)16-8-7-13(10-12-4-3-9-17-11-12)14-5-1-2-6-15(14)16/h1-9,11H,10H2. The molecule has 0 bridgehead atoms. The molecule has 0 unspecified atom stereocenters. The van der Waals surface area contributed by atoms with Gasteiger partial charge >= 0.3 is 0 Å². The molecular weight excluding hydrogens is 252 g/mol. The molecule has 0 atom stereocenters. The van der Waals surface area contributed by atoms with E-state index in [1.165, 1.54) is 0 Å². The summed E-state index contributed by atoms with van der Waals surface area (Å²) < 4.78 is 0. The molecule has 3 aromatic rings. The molecule has 0 saturated heterocycles. The van der Waals surface area contributed by atoms with Crippen LogP contribution >= 0.6 is 0 Å². The monoisotopic (exact) mass is 264 g/mol. The second-order valence-corrected chi connectivity index (χ2v) is 4.58. The van der Waals surface area contributed by atoms with Crippen LogP contribution in [0.25, 0.3) is 10.8 Å². The zero-order valence-corrected chi connectivity index (χ0v) is 10.7. The maximum atomic E-state index is 11.1. The Morgan fingerprint density at radius 3 is 2.50 bits per heavy atom. The number of pyridine rings is 1. The van der Waals surface area contributed by atoms with Gasteiger partial charge in [-0.2, -0.15) is 0 Å². The van der Waals surface area contributed by atoms with Crippen molar-refractivity contribution >= 4 is 16.5 Å². The molecule has 0 radical (unpaired) electrons. The fourth-order valence-electron chi connectivity index (χ4n) is 2.38. The molecule has 98 valence electrons. The maximum absolute atomic E-state index is 11.1. The minimum atomic E-state index is -0.337. The Bertz CT molecular complexity index is 770. The Morgan fingerprint density at radius 2 is 1.80 bits per heavy atom. The number of benzene rings is 2. The predicted molar refractivity (Wildman–Crippen MR) is 77.6 cm³/mol. The van der Waals surface area contributed by atoms with E-state index in [2.05, 4.69) is 4.98 Å². The number of fused-ring (bicyclic) bond motifs is 1. The Kier molecular flexibility index (Phi) is 3.13.